The summed E-state index contributed by atoms with van der Waals surface area (Å²) in [6.07, 6.45) is 5.71. The third-order valence-electron chi connectivity index (χ3n) is 17.6. The summed E-state index contributed by atoms with van der Waals surface area (Å²) >= 11 is 0. The van der Waals surface area contributed by atoms with E-state index in [1.165, 1.54) is 6.07 Å². The molecule has 90 heavy (non-hydrogen) atoms. The topological polar surface area (TPSA) is 26.8 Å². The van der Waals surface area contributed by atoms with Crippen LogP contribution in [0.5, 0.6) is 11.5 Å². The summed E-state index contributed by atoms with van der Waals surface area (Å²) in [5.41, 5.74) is 7.30. The van der Waals surface area contributed by atoms with Gasteiger partial charge in [-0.25, -0.2) is 4.57 Å². The van der Waals surface area contributed by atoms with Crippen molar-refractivity contribution in [3.8, 4) is 84.3 Å². The molecule has 0 amide bonds. The van der Waals surface area contributed by atoms with E-state index >= 15 is 0 Å². The average Bonchev–Trinajstić information content (AvgIpc) is 1.58. The lowest BCUT2D eigenvalue weighted by molar-refractivity contribution is -0.606. The summed E-state index contributed by atoms with van der Waals surface area (Å²) < 4.78 is 135. The molecule has 4 heterocycles. The first-order chi connectivity index (χ1) is 49.4. The zero-order valence-electron chi connectivity index (χ0n) is 62.5. The second-order valence-electron chi connectivity index (χ2n) is 23.9. The Morgan fingerprint density at radius 3 is 1.77 bits per heavy atom. The second-order valence-corrected chi connectivity index (χ2v) is 27.7. The summed E-state index contributed by atoms with van der Waals surface area (Å²) in [6, 6.07) is 72.0. The van der Waals surface area contributed by atoms with Gasteiger partial charge in [-0.1, -0.05) is 268 Å². The molecule has 16 rings (SSSR count). The Kier molecular flexibility index (Phi) is 10.1. The van der Waals surface area contributed by atoms with E-state index in [0.717, 1.165) is 53.9 Å². The van der Waals surface area contributed by atoms with Crippen LogP contribution in [0.1, 0.15) is 49.7 Å². The largest absolute Gasteiger partial charge is 0.458 e. The zero-order chi connectivity index (χ0) is 71.9. The van der Waals surface area contributed by atoms with Crippen molar-refractivity contribution in [2.45, 2.75) is 33.0 Å². The third-order valence-corrected chi connectivity index (χ3v) is 22.4. The Morgan fingerprint density at radius 1 is 0.467 bits per heavy atom. The quantitative estimate of drug-likeness (QED) is 0.0580. The Hall–Kier alpha value is -11.1. The van der Waals surface area contributed by atoms with Crippen molar-refractivity contribution >= 4 is 61.7 Å². The molecule has 0 saturated heterocycles. The number of aryl methyl sites for hydroxylation is 1. The fourth-order valence-electron chi connectivity index (χ4n) is 13.5. The molecule has 1 aliphatic heterocycles. The highest BCUT2D eigenvalue weighted by Gasteiger charge is 2.42. The number of para-hydroxylation sites is 1. The zero-order valence-corrected chi connectivity index (χ0v) is 50.5. The summed E-state index contributed by atoms with van der Waals surface area (Å²) in [7, 11) is 0.978. The third kappa shape index (κ3) is 9.01. The number of nitrogens with zero attached hydrogens (tertiary/aromatic N) is 4. The molecule has 12 aromatic carbocycles. The molecule has 15 aromatic rings. The van der Waals surface area contributed by atoms with Gasteiger partial charge in [0, 0.05) is 21.0 Å². The molecule has 5 nitrogen and oxygen atoms in total. The maximum Gasteiger partial charge on any atom is 0.269 e. The minimum atomic E-state index is -3.44. The Balaban J connectivity index is 1.03. The molecule has 0 atom stereocenters. The summed E-state index contributed by atoms with van der Waals surface area (Å²) in [5.74, 6) is 1.77. The predicted molar refractivity (Wildman–Crippen MR) is 373 cm³/mol. The van der Waals surface area contributed by atoms with Crippen LogP contribution in [0, 0.1) is 20.2 Å². The van der Waals surface area contributed by atoms with Crippen molar-refractivity contribution < 1.29 is 31.7 Å². The van der Waals surface area contributed by atoms with Crippen molar-refractivity contribution in [1.82, 2.24) is 9.13 Å². The van der Waals surface area contributed by atoms with Crippen LogP contribution in [0.3, 0.4) is 0 Å². The van der Waals surface area contributed by atoms with E-state index in [4.69, 9.17) is 10.2 Å². The first-order valence-electron chi connectivity index (χ1n) is 36.4. The van der Waals surface area contributed by atoms with Crippen LogP contribution in [0.15, 0.2) is 303 Å². The Bertz CT molecular complexity index is 5870. The van der Waals surface area contributed by atoms with Gasteiger partial charge in [0.15, 0.2) is 13.9 Å². The first kappa shape index (κ1) is 41.9. The van der Waals surface area contributed by atoms with E-state index in [-0.39, 0.29) is 38.9 Å². The van der Waals surface area contributed by atoms with Crippen LogP contribution in [0.2, 0.25) is 0 Å². The monoisotopic (exact) mass is 1190 g/mol. The van der Waals surface area contributed by atoms with Crippen molar-refractivity contribution in [1.29, 1.82) is 0 Å². The molecule has 0 saturated carbocycles. The molecule has 0 spiro atoms. The van der Waals surface area contributed by atoms with Crippen LogP contribution in [0.25, 0.3) is 106 Å². The maximum atomic E-state index is 9.81. The van der Waals surface area contributed by atoms with Gasteiger partial charge in [-0.05, 0) is 156 Å². The molecule has 0 aliphatic carbocycles. The van der Waals surface area contributed by atoms with Crippen molar-refractivity contribution in [3.63, 3.8) is 0 Å². The Morgan fingerprint density at radius 2 is 1.08 bits per heavy atom. The van der Waals surface area contributed by atoms with Crippen molar-refractivity contribution in [3.05, 3.63) is 328 Å². The van der Waals surface area contributed by atoms with E-state index in [2.05, 4.69) is 118 Å². The minimum absolute atomic E-state index is 0.0130. The van der Waals surface area contributed by atoms with E-state index in [1.54, 1.807) is 27.3 Å². The standard InChI is InChI=1S/C84H64N4OSi/c1-57-48-74(59-28-13-7-14-29-59)82-76(49-57)75-55-68(90(65-32-15-8-16-33-65,66-34-17-9-18-35-66)67-36-19-10-20-37-67)43-45-71(75)69-38-21-22-39-70(69)77-50-60(58-26-11-6-12-27-58)51-80-83(77)87(82)56-86(80)62-30-25-31-63(53-62)89-64-42-44-73-72-40-23-24-41-78(72)88(79(73)54-64)81-52-61(84(2,3)4)46-47-85(81)5/h6-55H,5H2,1-4H3/i1D3,6D,7D,11D,12D,13D,14D,26D,27D,28D,29D. The lowest BCUT2D eigenvalue weighted by Crippen LogP contribution is -2.74. The number of pyridine rings is 1. The molecule has 3 aromatic heterocycles. The van der Waals surface area contributed by atoms with Crippen molar-refractivity contribution in [2.24, 2.45) is 0 Å². The van der Waals surface area contributed by atoms with E-state index in [9.17, 15) is 12.3 Å². The highest BCUT2D eigenvalue weighted by Crippen LogP contribution is 2.47. The number of hydrogen-bond donors (Lipinski definition) is 0. The summed E-state index contributed by atoms with van der Waals surface area (Å²) in [5, 5.41) is 6.13. The van der Waals surface area contributed by atoms with Crippen LogP contribution in [-0.2, 0) is 5.41 Å². The van der Waals surface area contributed by atoms with Gasteiger partial charge in [-0.2, -0.15) is 0 Å². The molecule has 0 fully saturated rings. The molecule has 0 N–H and O–H groups in total. The van der Waals surface area contributed by atoms with Crippen molar-refractivity contribution in [2.75, 3.05) is 0 Å². The number of ether oxygens (including phenoxy) is 1. The van der Waals surface area contributed by atoms with Gasteiger partial charge < -0.3 is 9.30 Å². The van der Waals surface area contributed by atoms with E-state index in [1.807, 2.05) is 144 Å². The number of hydrogen-bond acceptors (Lipinski definition) is 1. The van der Waals surface area contributed by atoms with Gasteiger partial charge in [0.1, 0.15) is 22.5 Å². The number of aromatic nitrogens is 4. The highest BCUT2D eigenvalue weighted by atomic mass is 28.3. The molecule has 0 unspecified atom stereocenters. The lowest BCUT2D eigenvalue weighted by atomic mass is 9.87. The molecule has 6 heteroatoms. The van der Waals surface area contributed by atoms with E-state index < -0.39 is 75.3 Å². The van der Waals surface area contributed by atoms with Gasteiger partial charge in [-0.15, -0.1) is 0 Å². The van der Waals surface area contributed by atoms with Crippen LogP contribution < -0.4 is 34.6 Å². The van der Waals surface area contributed by atoms with Crippen LogP contribution in [-0.4, -0.2) is 17.2 Å². The molecule has 0 radical (unpaired) electrons. The van der Waals surface area contributed by atoms with Gasteiger partial charge in [0.2, 0.25) is 0 Å². The average molecular weight is 1190 g/mol. The minimum Gasteiger partial charge on any atom is -0.458 e. The number of imidazole rings is 1. The van der Waals surface area contributed by atoms with Crippen LogP contribution >= 0.6 is 0 Å². The summed E-state index contributed by atoms with van der Waals surface area (Å²) in [6.45, 7) is 3.69. The fraction of sp³-hybridized carbons (Fsp3) is 0.0595. The van der Waals surface area contributed by atoms with Gasteiger partial charge in [0.05, 0.1) is 36.1 Å². The summed E-state index contributed by atoms with van der Waals surface area (Å²) in [4.78, 5) is 0. The molecular weight excluding hydrogens is 1110 g/mol. The molecule has 0 bridgehead atoms. The van der Waals surface area contributed by atoms with Gasteiger partial charge >= 0.3 is 0 Å². The Labute approximate surface area is 545 Å². The second kappa shape index (κ2) is 21.7. The SMILES string of the molecule is [2H]c1c([2H])c([2H])c(-c2cc3c4c(c2)n(-c2cccc(Oc5ccc6c7ccccc7n(-c7cc(C(C)(C)C)cc[n+]7[CH2-])c6c5)c2)[c-][n+]4-c2c(cc(C([2H])([2H])[2H])cc2-c2c([2H])c([2H])c([2H])c([2H])c2[2H])-c2cc([Si](c4ccccc4)(c4ccccc4)c4ccccc4)ccc2-c2ccccc2-3)c([2H])c1[2H]. The van der Waals surface area contributed by atoms with Gasteiger partial charge in [0.25, 0.3) is 6.33 Å². The molecular formula is C84H64N4OSi. The fourth-order valence-corrected chi connectivity index (χ4v) is 18.3. The number of benzene rings is 12. The highest BCUT2D eigenvalue weighted by molar-refractivity contribution is 7.20. The molecule has 430 valence electrons. The van der Waals surface area contributed by atoms with Gasteiger partial charge in [-0.3, -0.25) is 9.13 Å². The van der Waals surface area contributed by atoms with Crippen LogP contribution in [0.4, 0.5) is 0 Å². The van der Waals surface area contributed by atoms with E-state index in [0.29, 0.717) is 61.6 Å². The normalized spacial score (nSPS) is 14.2. The molecule has 1 aliphatic rings. The first-order valence-corrected chi connectivity index (χ1v) is 31.9. The lowest BCUT2D eigenvalue weighted by Gasteiger charge is -2.35. The smallest absolute Gasteiger partial charge is 0.269 e. The maximum absolute atomic E-state index is 9.81. The number of rotatable bonds is 10. The predicted octanol–water partition coefficient (Wildman–Crippen LogP) is 17.2. The number of fused-ring (bicyclic) bond motifs is 10.